The Morgan fingerprint density at radius 3 is 3.08 bits per heavy atom. The summed E-state index contributed by atoms with van der Waals surface area (Å²) in [4.78, 5) is 10.6. The van der Waals surface area contributed by atoms with Gasteiger partial charge in [0.1, 0.15) is 6.10 Å². The van der Waals surface area contributed by atoms with Crippen molar-refractivity contribution in [2.75, 3.05) is 6.61 Å². The maximum absolute atomic E-state index is 10.6. The number of carbonyl (C=O) groups excluding carboxylic acids is 1. The number of rotatable bonds is 1. The van der Waals surface area contributed by atoms with Gasteiger partial charge < -0.3 is 9.47 Å². The summed E-state index contributed by atoms with van der Waals surface area (Å²) in [5.41, 5.74) is 0. The lowest BCUT2D eigenvalue weighted by molar-refractivity contribution is -0.156. The predicted octanol–water partition coefficient (Wildman–Crippen LogP) is 0.730. The zero-order valence-electron chi connectivity index (χ0n) is 7.08. The molecule has 2 atom stereocenters. The molecule has 0 aliphatic carbocycles. The van der Waals surface area contributed by atoms with Crippen molar-refractivity contribution in [2.24, 2.45) is 0 Å². The van der Waals surface area contributed by atoms with Crippen molar-refractivity contribution < 1.29 is 14.3 Å². The second-order valence-corrected chi connectivity index (χ2v) is 2.75. The maximum Gasteiger partial charge on any atom is 0.303 e. The van der Waals surface area contributed by atoms with E-state index in [0.717, 1.165) is 12.8 Å². The number of carbonyl (C=O) groups is 1. The zero-order valence-corrected chi connectivity index (χ0v) is 7.08. The normalized spacial score (nSPS) is 29.0. The number of esters is 1. The summed E-state index contributed by atoms with van der Waals surface area (Å²) < 4.78 is 10.2. The van der Waals surface area contributed by atoms with Gasteiger partial charge in [0, 0.05) is 13.5 Å². The number of terminal acetylenes is 1. The van der Waals surface area contributed by atoms with Crippen LogP contribution >= 0.6 is 0 Å². The molecule has 0 aromatic carbocycles. The van der Waals surface area contributed by atoms with Gasteiger partial charge in [-0.1, -0.05) is 5.92 Å². The second-order valence-electron chi connectivity index (χ2n) is 2.75. The molecule has 0 amide bonds. The van der Waals surface area contributed by atoms with E-state index in [2.05, 4.69) is 5.92 Å². The first-order valence-corrected chi connectivity index (χ1v) is 3.99. The van der Waals surface area contributed by atoms with Gasteiger partial charge in [0.25, 0.3) is 0 Å². The number of hydrogen-bond acceptors (Lipinski definition) is 3. The third-order valence-corrected chi connectivity index (χ3v) is 1.75. The molecule has 0 radical (unpaired) electrons. The van der Waals surface area contributed by atoms with Gasteiger partial charge in [-0.15, -0.1) is 6.42 Å². The molecule has 3 heteroatoms. The Bertz CT molecular complexity index is 204. The van der Waals surface area contributed by atoms with Crippen LogP contribution in [0.3, 0.4) is 0 Å². The van der Waals surface area contributed by atoms with Crippen LogP contribution in [0.2, 0.25) is 0 Å². The summed E-state index contributed by atoms with van der Waals surface area (Å²) in [6.07, 6.45) is 6.29. The third-order valence-electron chi connectivity index (χ3n) is 1.75. The molecular formula is C9H12O3. The summed E-state index contributed by atoms with van der Waals surface area (Å²) in [5, 5.41) is 0. The third kappa shape index (κ3) is 2.24. The van der Waals surface area contributed by atoms with Crippen molar-refractivity contribution in [3.05, 3.63) is 0 Å². The minimum Gasteiger partial charge on any atom is -0.459 e. The fourth-order valence-corrected chi connectivity index (χ4v) is 1.24. The first-order chi connectivity index (χ1) is 5.74. The van der Waals surface area contributed by atoms with Gasteiger partial charge in [-0.3, -0.25) is 4.79 Å². The summed E-state index contributed by atoms with van der Waals surface area (Å²) in [5.74, 6) is 2.16. The van der Waals surface area contributed by atoms with Crippen LogP contribution in [0, 0.1) is 12.3 Å². The lowest BCUT2D eigenvalue weighted by atomic mass is 10.1. The van der Waals surface area contributed by atoms with E-state index in [4.69, 9.17) is 15.9 Å². The average Bonchev–Trinajstić information content (AvgIpc) is 2.04. The van der Waals surface area contributed by atoms with Crippen LogP contribution in [-0.4, -0.2) is 24.8 Å². The van der Waals surface area contributed by atoms with Gasteiger partial charge >= 0.3 is 5.97 Å². The Balaban J connectivity index is 2.48. The van der Waals surface area contributed by atoms with Crippen LogP contribution in [0.4, 0.5) is 0 Å². The van der Waals surface area contributed by atoms with E-state index in [-0.39, 0.29) is 18.2 Å². The van der Waals surface area contributed by atoms with Crippen molar-refractivity contribution >= 4 is 5.97 Å². The van der Waals surface area contributed by atoms with Crippen LogP contribution in [0.25, 0.3) is 0 Å². The Morgan fingerprint density at radius 1 is 1.75 bits per heavy atom. The van der Waals surface area contributed by atoms with Gasteiger partial charge in [0.05, 0.1) is 0 Å². The van der Waals surface area contributed by atoms with Gasteiger partial charge in [0.15, 0.2) is 6.10 Å². The minimum absolute atomic E-state index is 0.249. The van der Waals surface area contributed by atoms with Crippen LogP contribution in [0.15, 0.2) is 0 Å². The monoisotopic (exact) mass is 168 g/mol. The summed E-state index contributed by atoms with van der Waals surface area (Å²) >= 11 is 0. The Kier molecular flexibility index (Phi) is 3.12. The molecule has 12 heavy (non-hydrogen) atoms. The number of ether oxygens (including phenoxy) is 2. The molecule has 1 aliphatic rings. The Labute approximate surface area is 72.0 Å². The summed E-state index contributed by atoms with van der Waals surface area (Å²) in [6, 6.07) is 0. The molecule has 0 saturated carbocycles. The van der Waals surface area contributed by atoms with Crippen molar-refractivity contribution in [2.45, 2.75) is 32.0 Å². The average molecular weight is 168 g/mol. The minimum atomic E-state index is -0.359. The molecule has 1 saturated heterocycles. The molecule has 0 bridgehead atoms. The SMILES string of the molecule is C#C[C@@H]1OCCC[C@@H]1OC(C)=O. The molecular weight excluding hydrogens is 156 g/mol. The lowest BCUT2D eigenvalue weighted by Gasteiger charge is -2.27. The molecule has 0 aromatic rings. The van der Waals surface area contributed by atoms with E-state index in [1.54, 1.807) is 0 Å². The molecule has 0 unspecified atom stereocenters. The van der Waals surface area contributed by atoms with E-state index in [1.165, 1.54) is 6.92 Å². The zero-order chi connectivity index (χ0) is 8.97. The number of hydrogen-bond donors (Lipinski definition) is 0. The molecule has 1 heterocycles. The second kappa shape index (κ2) is 4.13. The smallest absolute Gasteiger partial charge is 0.303 e. The first-order valence-electron chi connectivity index (χ1n) is 3.99. The molecule has 66 valence electrons. The fraction of sp³-hybridized carbons (Fsp3) is 0.667. The lowest BCUT2D eigenvalue weighted by Crippen LogP contribution is -2.36. The maximum atomic E-state index is 10.6. The first kappa shape index (κ1) is 9.08. The molecule has 3 nitrogen and oxygen atoms in total. The van der Waals surface area contributed by atoms with E-state index >= 15 is 0 Å². The van der Waals surface area contributed by atoms with Crippen molar-refractivity contribution in [1.29, 1.82) is 0 Å². The highest BCUT2D eigenvalue weighted by atomic mass is 16.6. The molecule has 0 aromatic heterocycles. The predicted molar refractivity (Wildman–Crippen MR) is 43.4 cm³/mol. The highest BCUT2D eigenvalue weighted by Gasteiger charge is 2.26. The van der Waals surface area contributed by atoms with Crippen molar-refractivity contribution in [1.82, 2.24) is 0 Å². The van der Waals surface area contributed by atoms with Gasteiger partial charge in [0.2, 0.25) is 0 Å². The van der Waals surface area contributed by atoms with Crippen molar-refractivity contribution in [3.8, 4) is 12.3 Å². The summed E-state index contributed by atoms with van der Waals surface area (Å²) in [7, 11) is 0. The molecule has 1 aliphatic heterocycles. The Hall–Kier alpha value is -1.01. The standard InChI is InChI=1S/C9H12O3/c1-3-8-9(12-7(2)10)5-4-6-11-8/h1,8-9H,4-6H2,2H3/t8-,9-/m0/s1. The summed E-state index contributed by atoms with van der Waals surface area (Å²) in [6.45, 7) is 2.04. The highest BCUT2D eigenvalue weighted by molar-refractivity contribution is 5.66. The van der Waals surface area contributed by atoms with Gasteiger partial charge in [-0.05, 0) is 12.8 Å². The van der Waals surface area contributed by atoms with E-state index in [0.29, 0.717) is 6.61 Å². The Morgan fingerprint density at radius 2 is 2.50 bits per heavy atom. The molecule has 1 fully saturated rings. The highest BCUT2D eigenvalue weighted by Crippen LogP contribution is 2.16. The van der Waals surface area contributed by atoms with Crippen LogP contribution < -0.4 is 0 Å². The van der Waals surface area contributed by atoms with Crippen LogP contribution in [-0.2, 0) is 14.3 Å². The van der Waals surface area contributed by atoms with Gasteiger partial charge in [-0.25, -0.2) is 0 Å². The molecule has 0 N–H and O–H groups in total. The fourth-order valence-electron chi connectivity index (χ4n) is 1.24. The van der Waals surface area contributed by atoms with Crippen molar-refractivity contribution in [3.63, 3.8) is 0 Å². The van der Waals surface area contributed by atoms with E-state index in [1.807, 2.05) is 0 Å². The van der Waals surface area contributed by atoms with Gasteiger partial charge in [-0.2, -0.15) is 0 Å². The molecule has 1 rings (SSSR count). The molecule has 0 spiro atoms. The van der Waals surface area contributed by atoms with Crippen LogP contribution in [0.5, 0.6) is 0 Å². The van der Waals surface area contributed by atoms with E-state index < -0.39 is 0 Å². The topological polar surface area (TPSA) is 35.5 Å². The quantitative estimate of drug-likeness (QED) is 0.427. The van der Waals surface area contributed by atoms with E-state index in [9.17, 15) is 4.79 Å². The largest absolute Gasteiger partial charge is 0.459 e. The van der Waals surface area contributed by atoms with Crippen LogP contribution in [0.1, 0.15) is 19.8 Å².